The SMILES string of the molecule is CC1(C)OC(=C2C(=O)Nc3cc(F)ccc32)C=C1c1ccnc(N2CCCC(F)C2)c1. The van der Waals surface area contributed by atoms with Crippen molar-refractivity contribution in [3.05, 3.63) is 65.3 Å². The molecule has 0 radical (unpaired) electrons. The monoisotopic (exact) mass is 423 g/mol. The van der Waals surface area contributed by atoms with Crippen LogP contribution in [0.2, 0.25) is 0 Å². The number of aromatic nitrogens is 1. The Balaban J connectivity index is 1.55. The van der Waals surface area contributed by atoms with Crippen LogP contribution in [0.3, 0.4) is 0 Å². The summed E-state index contributed by atoms with van der Waals surface area (Å²) in [5.74, 6) is 0.452. The lowest BCUT2D eigenvalue weighted by Crippen LogP contribution is -2.36. The summed E-state index contributed by atoms with van der Waals surface area (Å²) in [6, 6.07) is 8.05. The fourth-order valence-electron chi connectivity index (χ4n) is 4.50. The molecule has 1 fully saturated rings. The zero-order valence-corrected chi connectivity index (χ0v) is 17.4. The summed E-state index contributed by atoms with van der Waals surface area (Å²) in [5.41, 5.74) is 2.57. The fraction of sp³-hybridized carbons (Fsp3) is 0.333. The number of rotatable bonds is 2. The molecule has 1 atom stereocenters. The molecule has 1 aromatic carbocycles. The molecule has 2 aromatic rings. The van der Waals surface area contributed by atoms with Crippen LogP contribution >= 0.6 is 0 Å². The highest BCUT2D eigenvalue weighted by molar-refractivity contribution is 6.32. The van der Waals surface area contributed by atoms with Crippen LogP contribution in [-0.4, -0.2) is 35.8 Å². The number of alkyl halides is 1. The maximum Gasteiger partial charge on any atom is 0.260 e. The van der Waals surface area contributed by atoms with E-state index in [-0.39, 0.29) is 5.91 Å². The van der Waals surface area contributed by atoms with Gasteiger partial charge in [0.25, 0.3) is 5.91 Å². The Bertz CT molecular complexity index is 1140. The first-order chi connectivity index (χ1) is 14.8. The smallest absolute Gasteiger partial charge is 0.260 e. The molecule has 1 saturated heterocycles. The quantitative estimate of drug-likeness (QED) is 0.711. The number of halogens is 2. The topological polar surface area (TPSA) is 54.5 Å². The average Bonchev–Trinajstić information content (AvgIpc) is 3.22. The van der Waals surface area contributed by atoms with Gasteiger partial charge in [0.05, 0.1) is 17.8 Å². The van der Waals surface area contributed by atoms with E-state index in [0.717, 1.165) is 29.9 Å². The van der Waals surface area contributed by atoms with Crippen LogP contribution < -0.4 is 10.2 Å². The van der Waals surface area contributed by atoms with E-state index in [2.05, 4.69) is 10.3 Å². The lowest BCUT2D eigenvalue weighted by atomic mass is 9.92. The summed E-state index contributed by atoms with van der Waals surface area (Å²) in [4.78, 5) is 19.0. The number of amides is 1. The molecule has 4 heterocycles. The first-order valence-corrected chi connectivity index (χ1v) is 10.4. The predicted molar refractivity (Wildman–Crippen MR) is 116 cm³/mol. The van der Waals surface area contributed by atoms with Crippen LogP contribution in [0.1, 0.15) is 37.8 Å². The highest BCUT2D eigenvalue weighted by Crippen LogP contribution is 2.44. The summed E-state index contributed by atoms with van der Waals surface area (Å²) in [7, 11) is 0. The molecule has 160 valence electrons. The molecule has 5 nitrogen and oxygen atoms in total. The van der Waals surface area contributed by atoms with Crippen LogP contribution in [0.15, 0.2) is 48.4 Å². The van der Waals surface area contributed by atoms with E-state index in [1.807, 2.05) is 37.0 Å². The number of hydrogen-bond donors (Lipinski definition) is 1. The van der Waals surface area contributed by atoms with Crippen molar-refractivity contribution in [2.45, 2.75) is 38.5 Å². The van der Waals surface area contributed by atoms with Crippen molar-refractivity contribution >= 4 is 28.6 Å². The third-order valence-electron chi connectivity index (χ3n) is 6.01. The van der Waals surface area contributed by atoms with Gasteiger partial charge in [0.2, 0.25) is 0 Å². The van der Waals surface area contributed by atoms with Gasteiger partial charge in [-0.25, -0.2) is 13.8 Å². The number of allylic oxidation sites excluding steroid dienone is 1. The van der Waals surface area contributed by atoms with Gasteiger partial charge in [-0.05, 0) is 68.7 Å². The second kappa shape index (κ2) is 7.18. The van der Waals surface area contributed by atoms with Crippen LogP contribution in [0.25, 0.3) is 11.1 Å². The molecule has 3 aliphatic rings. The van der Waals surface area contributed by atoms with Gasteiger partial charge >= 0.3 is 0 Å². The molecule has 1 N–H and O–H groups in total. The zero-order chi connectivity index (χ0) is 21.8. The zero-order valence-electron chi connectivity index (χ0n) is 17.4. The van der Waals surface area contributed by atoms with Crippen molar-refractivity contribution in [3.8, 4) is 0 Å². The summed E-state index contributed by atoms with van der Waals surface area (Å²) in [6.45, 7) is 4.99. The number of benzene rings is 1. The number of anilines is 2. The summed E-state index contributed by atoms with van der Waals surface area (Å²) in [5, 5.41) is 2.71. The van der Waals surface area contributed by atoms with Crippen molar-refractivity contribution in [3.63, 3.8) is 0 Å². The largest absolute Gasteiger partial charge is 0.482 e. The Morgan fingerprint density at radius 3 is 2.90 bits per heavy atom. The molecule has 1 amide bonds. The summed E-state index contributed by atoms with van der Waals surface area (Å²) >= 11 is 0. The summed E-state index contributed by atoms with van der Waals surface area (Å²) < 4.78 is 33.7. The first-order valence-electron chi connectivity index (χ1n) is 10.4. The van der Waals surface area contributed by atoms with E-state index >= 15 is 0 Å². The standard InChI is InChI=1S/C24H23F2N3O2/c1-24(2)18(14-7-8-27-21(10-14)29-9-3-4-16(26)13-29)12-20(31-24)22-17-6-5-15(25)11-19(17)28-23(22)30/h5-8,10-12,16H,3-4,9,13H2,1-2H3,(H,28,30). The molecule has 31 heavy (non-hydrogen) atoms. The molecule has 3 aliphatic heterocycles. The van der Waals surface area contributed by atoms with Gasteiger partial charge in [-0.2, -0.15) is 0 Å². The number of pyridine rings is 1. The van der Waals surface area contributed by atoms with Crippen LogP contribution in [0.5, 0.6) is 0 Å². The van der Waals surface area contributed by atoms with Gasteiger partial charge in [-0.1, -0.05) is 0 Å². The Morgan fingerprint density at radius 2 is 2.10 bits per heavy atom. The van der Waals surface area contributed by atoms with Gasteiger partial charge in [-0.15, -0.1) is 0 Å². The predicted octanol–water partition coefficient (Wildman–Crippen LogP) is 4.71. The van der Waals surface area contributed by atoms with Gasteiger partial charge in [0.15, 0.2) is 0 Å². The molecule has 0 spiro atoms. The van der Waals surface area contributed by atoms with Crippen molar-refractivity contribution in [1.29, 1.82) is 0 Å². The van der Waals surface area contributed by atoms with Gasteiger partial charge in [0.1, 0.15) is 29.2 Å². The number of carbonyl (C=O) groups excluding carboxylic acids is 1. The number of piperidine rings is 1. The summed E-state index contributed by atoms with van der Waals surface area (Å²) in [6.07, 6.45) is 4.13. The molecular formula is C24H23F2N3O2. The second-order valence-electron chi connectivity index (χ2n) is 8.64. The number of ether oxygens (including phenoxy) is 1. The highest BCUT2D eigenvalue weighted by atomic mass is 19.1. The number of nitrogens with one attached hydrogen (secondary N) is 1. The van der Waals surface area contributed by atoms with Crippen LogP contribution in [-0.2, 0) is 9.53 Å². The molecular weight excluding hydrogens is 400 g/mol. The molecule has 0 saturated carbocycles. The maximum atomic E-state index is 13.9. The van der Waals surface area contributed by atoms with Crippen molar-refractivity contribution < 1.29 is 18.3 Å². The maximum absolute atomic E-state index is 13.9. The van der Waals surface area contributed by atoms with E-state index in [1.54, 1.807) is 12.3 Å². The number of carbonyl (C=O) groups is 1. The first kappa shape index (κ1) is 19.7. The van der Waals surface area contributed by atoms with E-state index < -0.39 is 17.6 Å². The third kappa shape index (κ3) is 3.48. The number of hydrogen-bond acceptors (Lipinski definition) is 4. The van der Waals surface area contributed by atoms with Crippen molar-refractivity contribution in [2.24, 2.45) is 0 Å². The Morgan fingerprint density at radius 1 is 1.26 bits per heavy atom. The normalized spacial score (nSPS) is 24.5. The minimum absolute atomic E-state index is 0.318. The lowest BCUT2D eigenvalue weighted by Gasteiger charge is -2.30. The minimum atomic E-state index is -0.841. The lowest BCUT2D eigenvalue weighted by molar-refractivity contribution is -0.111. The molecule has 5 rings (SSSR count). The van der Waals surface area contributed by atoms with Crippen molar-refractivity contribution in [2.75, 3.05) is 23.3 Å². The molecule has 1 aromatic heterocycles. The second-order valence-corrected chi connectivity index (χ2v) is 8.64. The van der Waals surface area contributed by atoms with E-state index in [1.165, 1.54) is 12.1 Å². The van der Waals surface area contributed by atoms with E-state index in [0.29, 0.717) is 35.5 Å². The van der Waals surface area contributed by atoms with Gasteiger partial charge in [0, 0.05) is 23.9 Å². The fourth-order valence-corrected chi connectivity index (χ4v) is 4.50. The van der Waals surface area contributed by atoms with Crippen LogP contribution in [0.4, 0.5) is 20.3 Å². The Hall–Kier alpha value is -3.22. The van der Waals surface area contributed by atoms with Crippen molar-refractivity contribution in [1.82, 2.24) is 4.98 Å². The highest BCUT2D eigenvalue weighted by Gasteiger charge is 2.38. The molecule has 0 bridgehead atoms. The van der Waals surface area contributed by atoms with Crippen LogP contribution in [0, 0.1) is 5.82 Å². The molecule has 0 aliphatic carbocycles. The van der Waals surface area contributed by atoms with E-state index in [4.69, 9.17) is 4.74 Å². The minimum Gasteiger partial charge on any atom is -0.482 e. The number of fused-ring (bicyclic) bond motifs is 1. The van der Waals surface area contributed by atoms with Gasteiger partial charge < -0.3 is 15.0 Å². The third-order valence-corrected chi connectivity index (χ3v) is 6.01. The van der Waals surface area contributed by atoms with E-state index in [9.17, 15) is 13.6 Å². The Kier molecular flexibility index (Phi) is 4.57. The molecule has 7 heteroatoms. The van der Waals surface area contributed by atoms with Gasteiger partial charge in [-0.3, -0.25) is 4.79 Å². The number of nitrogens with zero attached hydrogens (tertiary/aromatic N) is 2. The average molecular weight is 423 g/mol. The molecule has 1 unspecified atom stereocenters. The Labute approximate surface area is 179 Å².